The Morgan fingerprint density at radius 1 is 1.14 bits per heavy atom. The van der Waals surface area contributed by atoms with Crippen molar-refractivity contribution in [1.82, 2.24) is 20.2 Å². The fraction of sp³-hybridized carbons (Fsp3) is 0.593. The van der Waals surface area contributed by atoms with Gasteiger partial charge in [0, 0.05) is 50.0 Å². The second-order valence-electron chi connectivity index (χ2n) is 10.3. The highest BCUT2D eigenvalue weighted by molar-refractivity contribution is 6.30. The molecule has 0 spiro atoms. The Morgan fingerprint density at radius 3 is 2.66 bits per heavy atom. The fourth-order valence-corrected chi connectivity index (χ4v) is 6.02. The van der Waals surface area contributed by atoms with E-state index < -0.39 is 11.7 Å². The molecule has 2 unspecified atom stereocenters. The van der Waals surface area contributed by atoms with Crippen LogP contribution in [0.5, 0.6) is 0 Å². The lowest BCUT2D eigenvalue weighted by atomic mass is 9.93. The molecule has 1 saturated heterocycles. The maximum atomic E-state index is 14.3. The van der Waals surface area contributed by atoms with E-state index in [0.717, 1.165) is 44.6 Å². The van der Waals surface area contributed by atoms with Crippen molar-refractivity contribution in [2.75, 3.05) is 37.6 Å². The number of amides is 1. The van der Waals surface area contributed by atoms with Gasteiger partial charge in [-0.1, -0.05) is 43.9 Å². The summed E-state index contributed by atoms with van der Waals surface area (Å²) in [6.07, 6.45) is 9.79. The summed E-state index contributed by atoms with van der Waals surface area (Å²) >= 11 is 5.94. The van der Waals surface area contributed by atoms with Gasteiger partial charge in [0.15, 0.2) is 0 Å². The number of carbonyl (C=O) groups is 1. The van der Waals surface area contributed by atoms with Crippen LogP contribution in [-0.4, -0.2) is 59.5 Å². The van der Waals surface area contributed by atoms with Crippen LogP contribution in [-0.2, 0) is 11.2 Å². The predicted octanol–water partition coefficient (Wildman–Crippen LogP) is 4.67. The molecular formula is C27H35ClFN5O. The van der Waals surface area contributed by atoms with Crippen LogP contribution in [0.2, 0.25) is 5.02 Å². The summed E-state index contributed by atoms with van der Waals surface area (Å²) in [6.45, 7) is 5.48. The number of piperazine rings is 1. The first-order chi connectivity index (χ1) is 17.0. The van der Waals surface area contributed by atoms with Gasteiger partial charge in [0.25, 0.3) is 0 Å². The third-order valence-electron chi connectivity index (χ3n) is 8.00. The number of nitrogens with one attached hydrogen (secondary N) is 1. The monoisotopic (exact) mass is 499 g/mol. The molecule has 188 valence electrons. The summed E-state index contributed by atoms with van der Waals surface area (Å²) < 4.78 is 14.3. The molecule has 1 amide bonds. The third-order valence-corrected chi connectivity index (χ3v) is 8.31. The zero-order chi connectivity index (χ0) is 24.4. The van der Waals surface area contributed by atoms with Crippen molar-refractivity contribution < 1.29 is 9.18 Å². The van der Waals surface area contributed by atoms with Crippen LogP contribution in [0.25, 0.3) is 0 Å². The van der Waals surface area contributed by atoms with Gasteiger partial charge in [-0.05, 0) is 49.3 Å². The first-order valence-electron chi connectivity index (χ1n) is 13.1. The number of anilines is 1. The summed E-state index contributed by atoms with van der Waals surface area (Å²) in [5.41, 5.74) is 3.13. The van der Waals surface area contributed by atoms with Gasteiger partial charge in [-0.2, -0.15) is 0 Å². The normalized spacial score (nSPS) is 21.7. The lowest BCUT2D eigenvalue weighted by molar-refractivity contribution is -0.133. The van der Waals surface area contributed by atoms with Crippen molar-refractivity contribution in [3.05, 3.63) is 52.2 Å². The van der Waals surface area contributed by atoms with Crippen molar-refractivity contribution in [3.8, 4) is 0 Å². The van der Waals surface area contributed by atoms with E-state index >= 15 is 0 Å². The summed E-state index contributed by atoms with van der Waals surface area (Å²) in [5, 5.41) is 3.70. The van der Waals surface area contributed by atoms with Gasteiger partial charge in [-0.3, -0.25) is 4.79 Å². The molecule has 1 N–H and O–H groups in total. The average Bonchev–Trinajstić information content (AvgIpc) is 3.28. The molecule has 35 heavy (non-hydrogen) atoms. The number of hydrogen-bond donors (Lipinski definition) is 1. The topological polar surface area (TPSA) is 61.4 Å². The van der Waals surface area contributed by atoms with Gasteiger partial charge in [0.05, 0.1) is 10.9 Å². The van der Waals surface area contributed by atoms with Crippen molar-refractivity contribution in [3.63, 3.8) is 0 Å². The van der Waals surface area contributed by atoms with Crippen molar-refractivity contribution in [2.24, 2.45) is 0 Å². The van der Waals surface area contributed by atoms with Crippen LogP contribution >= 0.6 is 11.6 Å². The molecule has 1 saturated carbocycles. The molecule has 2 aromatic rings. The van der Waals surface area contributed by atoms with Crippen molar-refractivity contribution in [2.45, 2.75) is 69.7 Å². The van der Waals surface area contributed by atoms with Gasteiger partial charge < -0.3 is 15.1 Å². The van der Waals surface area contributed by atoms with Crippen molar-refractivity contribution >= 4 is 23.3 Å². The van der Waals surface area contributed by atoms with Crippen LogP contribution in [0.3, 0.4) is 0 Å². The second-order valence-corrected chi connectivity index (χ2v) is 10.7. The van der Waals surface area contributed by atoms with E-state index in [1.54, 1.807) is 18.5 Å². The Balaban J connectivity index is 1.29. The number of fused-ring (bicyclic) bond motifs is 1. The maximum Gasteiger partial charge on any atom is 0.231 e. The van der Waals surface area contributed by atoms with Gasteiger partial charge in [-0.15, -0.1) is 0 Å². The molecule has 2 heterocycles. The number of nitrogens with zero attached hydrogens (tertiary/aromatic N) is 4. The number of carbonyl (C=O) groups excluding carboxylic acids is 1. The van der Waals surface area contributed by atoms with E-state index in [1.165, 1.54) is 36.6 Å². The molecule has 8 heteroatoms. The Kier molecular flexibility index (Phi) is 7.54. The molecule has 1 aliphatic heterocycles. The van der Waals surface area contributed by atoms with Gasteiger partial charge in [0.1, 0.15) is 18.0 Å². The van der Waals surface area contributed by atoms with Gasteiger partial charge in [0.2, 0.25) is 5.91 Å². The van der Waals surface area contributed by atoms with Crippen molar-refractivity contribution in [1.29, 1.82) is 0 Å². The minimum atomic E-state index is -0.476. The summed E-state index contributed by atoms with van der Waals surface area (Å²) in [4.78, 5) is 27.1. The van der Waals surface area contributed by atoms with Crippen LogP contribution in [0.4, 0.5) is 10.2 Å². The highest BCUT2D eigenvalue weighted by Gasteiger charge is 2.32. The van der Waals surface area contributed by atoms with E-state index in [-0.39, 0.29) is 10.9 Å². The summed E-state index contributed by atoms with van der Waals surface area (Å²) in [5.74, 6) is 0.643. The summed E-state index contributed by atoms with van der Waals surface area (Å²) in [6, 6.07) is 5.20. The second kappa shape index (κ2) is 10.8. The van der Waals surface area contributed by atoms with Gasteiger partial charge >= 0.3 is 0 Å². The molecule has 2 aliphatic carbocycles. The highest BCUT2D eigenvalue weighted by Crippen LogP contribution is 2.37. The van der Waals surface area contributed by atoms with E-state index in [4.69, 9.17) is 11.6 Å². The molecule has 1 aromatic carbocycles. The minimum Gasteiger partial charge on any atom is -0.353 e. The summed E-state index contributed by atoms with van der Waals surface area (Å²) in [7, 11) is 0. The Labute approximate surface area is 212 Å². The number of halogens is 2. The van der Waals surface area contributed by atoms with E-state index in [9.17, 15) is 9.18 Å². The standard InChI is InChI=1S/C27H35ClFN5O/c1-18-7-10-24-25(18)26(32-17-31-24)33-11-13-34(14-12-33)27(35)21(16-30-20-5-3-2-4-6-20)19-8-9-22(28)23(29)15-19/h8-9,15,17-18,20-21,30H,2-7,10-14,16H2,1H3. The molecule has 5 rings (SSSR count). The minimum absolute atomic E-state index is 0.0518. The SMILES string of the molecule is CC1CCc2ncnc(N3CCN(C(=O)C(CNC4CCCCC4)c4ccc(Cl)c(F)c4)CC3)c21. The largest absolute Gasteiger partial charge is 0.353 e. The van der Waals surface area contributed by atoms with Crippen LogP contribution in [0, 0.1) is 5.82 Å². The number of rotatable bonds is 6. The predicted molar refractivity (Wildman–Crippen MR) is 137 cm³/mol. The van der Waals surface area contributed by atoms with Crippen LogP contribution in [0.1, 0.15) is 74.1 Å². The maximum absolute atomic E-state index is 14.3. The zero-order valence-electron chi connectivity index (χ0n) is 20.5. The number of hydrogen-bond acceptors (Lipinski definition) is 5. The lowest BCUT2D eigenvalue weighted by Crippen LogP contribution is -2.51. The molecule has 0 radical (unpaired) electrons. The Bertz CT molecular complexity index is 1050. The lowest BCUT2D eigenvalue weighted by Gasteiger charge is -2.38. The zero-order valence-corrected chi connectivity index (χ0v) is 21.2. The Morgan fingerprint density at radius 2 is 1.91 bits per heavy atom. The number of aryl methyl sites for hydroxylation is 1. The van der Waals surface area contributed by atoms with Crippen LogP contribution in [0.15, 0.2) is 24.5 Å². The number of aromatic nitrogens is 2. The molecule has 0 bridgehead atoms. The molecular weight excluding hydrogens is 465 g/mol. The smallest absolute Gasteiger partial charge is 0.231 e. The quantitative estimate of drug-likeness (QED) is 0.625. The van der Waals surface area contributed by atoms with Gasteiger partial charge in [-0.25, -0.2) is 14.4 Å². The molecule has 2 atom stereocenters. The fourth-order valence-electron chi connectivity index (χ4n) is 5.90. The Hall–Kier alpha value is -2.25. The molecule has 1 aromatic heterocycles. The first-order valence-corrected chi connectivity index (χ1v) is 13.4. The average molecular weight is 500 g/mol. The van der Waals surface area contributed by atoms with E-state index in [2.05, 4.69) is 27.1 Å². The third kappa shape index (κ3) is 5.31. The van der Waals surface area contributed by atoms with E-state index in [0.29, 0.717) is 37.2 Å². The highest BCUT2D eigenvalue weighted by atomic mass is 35.5. The number of benzene rings is 1. The molecule has 2 fully saturated rings. The molecule has 6 nitrogen and oxygen atoms in total. The first kappa shape index (κ1) is 24.4. The molecule has 3 aliphatic rings. The van der Waals surface area contributed by atoms with E-state index in [1.807, 2.05) is 4.90 Å². The van der Waals surface area contributed by atoms with Crippen LogP contribution < -0.4 is 10.2 Å².